The topological polar surface area (TPSA) is 94.1 Å². The average molecular weight is 664 g/mol. The Morgan fingerprint density at radius 1 is 0.600 bits per heavy atom. The van der Waals surface area contributed by atoms with Crippen LogP contribution in [-0.2, 0) is 27.9 Å². The quantitative estimate of drug-likeness (QED) is 0.0288. The minimum absolute atomic E-state index is 0.0306. The van der Waals surface area contributed by atoms with Gasteiger partial charge in [0.2, 0.25) is 0 Å². The number of carbonyl (C=O) groups is 1. The molecule has 0 N–H and O–H groups in total. The van der Waals surface area contributed by atoms with Crippen LogP contribution in [0.3, 0.4) is 0 Å². The van der Waals surface area contributed by atoms with Crippen LogP contribution in [0.1, 0.15) is 168 Å². The molecule has 0 aliphatic heterocycles. The maximum atomic E-state index is 12.5. The van der Waals surface area contributed by atoms with Gasteiger partial charge in [0.05, 0.1) is 34.4 Å². The van der Waals surface area contributed by atoms with Gasteiger partial charge in [0.25, 0.3) is 7.82 Å². The van der Waals surface area contributed by atoms with Crippen LogP contribution in [0.4, 0.5) is 0 Å². The van der Waals surface area contributed by atoms with Crippen LogP contribution in [-0.4, -0.2) is 70.7 Å². The van der Waals surface area contributed by atoms with Crippen LogP contribution in [0.5, 0.6) is 0 Å². The molecule has 0 bridgehead atoms. The fourth-order valence-electron chi connectivity index (χ4n) is 5.19. The van der Waals surface area contributed by atoms with E-state index in [4.69, 9.17) is 18.5 Å². The highest BCUT2D eigenvalue weighted by molar-refractivity contribution is 7.45. The molecule has 45 heavy (non-hydrogen) atoms. The number of ether oxygens (including phenoxy) is 2. The molecule has 0 radical (unpaired) electrons. The second-order valence-corrected chi connectivity index (χ2v) is 15.4. The molecular formula is C36H74NO7P. The highest BCUT2D eigenvalue weighted by atomic mass is 31.2. The number of nitrogens with zero attached hydrogens (tertiary/aromatic N) is 1. The van der Waals surface area contributed by atoms with Gasteiger partial charge in [-0.25, -0.2) is 0 Å². The first kappa shape index (κ1) is 44.5. The number of phosphoric ester groups is 1. The number of hydrogen-bond acceptors (Lipinski definition) is 7. The van der Waals surface area contributed by atoms with Gasteiger partial charge >= 0.3 is 5.97 Å². The van der Waals surface area contributed by atoms with Gasteiger partial charge in [-0.15, -0.1) is 0 Å². The molecule has 0 amide bonds. The number of rotatable bonds is 35. The zero-order valence-corrected chi connectivity index (χ0v) is 31.2. The summed E-state index contributed by atoms with van der Waals surface area (Å²) in [5, 5.41) is 0. The molecule has 0 fully saturated rings. The highest BCUT2D eigenvalue weighted by Gasteiger charge is 2.20. The Hall–Kier alpha value is -0.500. The summed E-state index contributed by atoms with van der Waals surface area (Å²) < 4.78 is 34.3. The van der Waals surface area contributed by atoms with Crippen LogP contribution in [0, 0.1) is 0 Å². The fourth-order valence-corrected chi connectivity index (χ4v) is 5.92. The van der Waals surface area contributed by atoms with Gasteiger partial charge in [0.1, 0.15) is 19.3 Å². The van der Waals surface area contributed by atoms with E-state index >= 15 is 0 Å². The first-order valence-electron chi connectivity index (χ1n) is 18.8. The largest absolute Gasteiger partial charge is 0.756 e. The van der Waals surface area contributed by atoms with Crippen LogP contribution in [0.25, 0.3) is 0 Å². The number of quaternary nitrogens is 1. The Labute approximate surface area is 278 Å². The van der Waals surface area contributed by atoms with E-state index in [1.807, 2.05) is 21.1 Å². The van der Waals surface area contributed by atoms with Crippen molar-refractivity contribution >= 4 is 13.8 Å². The van der Waals surface area contributed by atoms with E-state index in [0.717, 1.165) is 32.1 Å². The summed E-state index contributed by atoms with van der Waals surface area (Å²) in [6, 6.07) is 0. The van der Waals surface area contributed by atoms with Crippen molar-refractivity contribution in [3.63, 3.8) is 0 Å². The fraction of sp³-hybridized carbons (Fsp3) is 0.972. The predicted molar refractivity (Wildman–Crippen MR) is 185 cm³/mol. The minimum Gasteiger partial charge on any atom is -0.756 e. The molecule has 0 aromatic heterocycles. The van der Waals surface area contributed by atoms with Crippen molar-refractivity contribution in [3.8, 4) is 0 Å². The number of likely N-dealkylation sites (N-methyl/N-ethyl adjacent to an activating group) is 1. The standard InChI is InChI=1S/C36H74NO7P/c1-6-8-10-12-14-16-17-18-19-20-21-22-24-26-28-31-41-33-35(34-43-45(39,40)42-32-30-37(3,4)5)44-36(38)29-27-25-23-15-13-11-9-7-2/h35H,6-34H2,1-5H3. The van der Waals surface area contributed by atoms with Crippen molar-refractivity contribution in [2.45, 2.75) is 174 Å². The van der Waals surface area contributed by atoms with Crippen LogP contribution < -0.4 is 4.89 Å². The van der Waals surface area contributed by atoms with E-state index in [-0.39, 0.29) is 25.8 Å². The zero-order chi connectivity index (χ0) is 33.5. The maximum Gasteiger partial charge on any atom is 0.306 e. The summed E-state index contributed by atoms with van der Waals surface area (Å²) in [6.07, 6.45) is 28.3. The van der Waals surface area contributed by atoms with Crippen LogP contribution in [0.2, 0.25) is 0 Å². The van der Waals surface area contributed by atoms with Crippen LogP contribution in [0.15, 0.2) is 0 Å². The highest BCUT2D eigenvalue weighted by Crippen LogP contribution is 2.38. The number of carbonyl (C=O) groups excluding carboxylic acids is 1. The summed E-state index contributed by atoms with van der Waals surface area (Å²) in [4.78, 5) is 24.8. The van der Waals surface area contributed by atoms with E-state index < -0.39 is 13.9 Å². The lowest BCUT2D eigenvalue weighted by Crippen LogP contribution is -2.37. The lowest BCUT2D eigenvalue weighted by molar-refractivity contribution is -0.870. The third-order valence-corrected chi connectivity index (χ3v) is 9.12. The lowest BCUT2D eigenvalue weighted by Gasteiger charge is -2.28. The van der Waals surface area contributed by atoms with Gasteiger partial charge in [-0.3, -0.25) is 9.36 Å². The van der Waals surface area contributed by atoms with Gasteiger partial charge in [-0.05, 0) is 12.8 Å². The number of hydrogen-bond donors (Lipinski definition) is 0. The van der Waals surface area contributed by atoms with Gasteiger partial charge in [-0.2, -0.15) is 0 Å². The molecule has 8 nitrogen and oxygen atoms in total. The molecule has 0 aromatic carbocycles. The molecule has 0 aromatic rings. The predicted octanol–water partition coefficient (Wildman–Crippen LogP) is 9.52. The third-order valence-electron chi connectivity index (χ3n) is 8.16. The molecular weight excluding hydrogens is 589 g/mol. The van der Waals surface area contributed by atoms with Gasteiger partial charge in [0, 0.05) is 13.0 Å². The molecule has 0 aliphatic carbocycles. The molecule has 2 atom stereocenters. The lowest BCUT2D eigenvalue weighted by atomic mass is 10.0. The molecule has 0 saturated heterocycles. The summed E-state index contributed by atoms with van der Waals surface area (Å²) in [7, 11) is 1.37. The Bertz CT molecular complexity index is 701. The summed E-state index contributed by atoms with van der Waals surface area (Å²) in [5.41, 5.74) is 0. The normalized spacial score (nSPS) is 14.0. The van der Waals surface area contributed by atoms with E-state index in [0.29, 0.717) is 24.1 Å². The zero-order valence-electron chi connectivity index (χ0n) is 30.3. The molecule has 2 unspecified atom stereocenters. The maximum absolute atomic E-state index is 12.5. The monoisotopic (exact) mass is 664 g/mol. The van der Waals surface area contributed by atoms with E-state index in [2.05, 4.69) is 13.8 Å². The summed E-state index contributed by atoms with van der Waals surface area (Å²) in [6.45, 7) is 5.40. The number of esters is 1. The SMILES string of the molecule is CCCCCCCCCCCCCCCCCOCC(COP(=O)([O-])OCC[N+](C)(C)C)OC(=O)CCCCCCCCCC. The van der Waals surface area contributed by atoms with Crippen molar-refractivity contribution in [1.82, 2.24) is 0 Å². The van der Waals surface area contributed by atoms with E-state index in [1.54, 1.807) is 0 Å². The molecule has 0 saturated carbocycles. The van der Waals surface area contributed by atoms with Crippen molar-refractivity contribution in [2.75, 3.05) is 54.1 Å². The van der Waals surface area contributed by atoms with Crippen LogP contribution >= 0.6 is 7.82 Å². The second-order valence-electron chi connectivity index (χ2n) is 14.0. The van der Waals surface area contributed by atoms with Crippen molar-refractivity contribution < 1.29 is 37.3 Å². The van der Waals surface area contributed by atoms with Crippen molar-refractivity contribution in [1.29, 1.82) is 0 Å². The van der Waals surface area contributed by atoms with Gasteiger partial charge < -0.3 is 27.9 Å². The summed E-state index contributed by atoms with van der Waals surface area (Å²) >= 11 is 0. The second kappa shape index (κ2) is 30.8. The first-order chi connectivity index (χ1) is 21.6. The van der Waals surface area contributed by atoms with Crippen molar-refractivity contribution in [3.05, 3.63) is 0 Å². The Morgan fingerprint density at radius 3 is 1.47 bits per heavy atom. The molecule has 0 aliphatic rings. The minimum atomic E-state index is -4.50. The Balaban J connectivity index is 4.21. The summed E-state index contributed by atoms with van der Waals surface area (Å²) in [5.74, 6) is -0.336. The molecule has 0 heterocycles. The number of phosphoric acid groups is 1. The van der Waals surface area contributed by atoms with Gasteiger partial charge in [0.15, 0.2) is 0 Å². The molecule has 0 spiro atoms. The Morgan fingerprint density at radius 2 is 1.02 bits per heavy atom. The average Bonchev–Trinajstić information content (AvgIpc) is 2.98. The first-order valence-corrected chi connectivity index (χ1v) is 20.2. The third kappa shape index (κ3) is 34.6. The smallest absolute Gasteiger partial charge is 0.306 e. The molecule has 9 heteroatoms. The van der Waals surface area contributed by atoms with Crippen molar-refractivity contribution in [2.24, 2.45) is 0 Å². The van der Waals surface area contributed by atoms with E-state index in [9.17, 15) is 14.3 Å². The number of unbranched alkanes of at least 4 members (excludes halogenated alkanes) is 21. The van der Waals surface area contributed by atoms with E-state index in [1.165, 1.54) is 116 Å². The molecule has 0 rings (SSSR count). The van der Waals surface area contributed by atoms with Gasteiger partial charge in [-0.1, -0.05) is 149 Å². The Kier molecular flexibility index (Phi) is 30.5. The molecule has 270 valence electrons.